The van der Waals surface area contributed by atoms with E-state index < -0.39 is 0 Å². The lowest BCUT2D eigenvalue weighted by Crippen LogP contribution is -2.34. The Morgan fingerprint density at radius 3 is 2.70 bits per heavy atom. The van der Waals surface area contributed by atoms with Crippen LogP contribution in [0.15, 0.2) is 0 Å². The number of nitrogens with two attached hydrogens (primary N) is 1. The van der Waals surface area contributed by atoms with Crippen molar-refractivity contribution >= 4 is 16.5 Å². The summed E-state index contributed by atoms with van der Waals surface area (Å²) in [6.45, 7) is 7.69. The number of aryl methyl sites for hydroxylation is 1. The van der Waals surface area contributed by atoms with E-state index >= 15 is 0 Å². The molecule has 1 heterocycles. The lowest BCUT2D eigenvalue weighted by Gasteiger charge is -2.25. The van der Waals surface area contributed by atoms with Gasteiger partial charge in [-0.3, -0.25) is 0 Å². The Balaban J connectivity index is 2.15. The SMILES string of the molecule is CC(C)CN(CCN(C)C)c1nc2c(s1)CCCC2N. The van der Waals surface area contributed by atoms with Crippen LogP contribution in [-0.2, 0) is 6.42 Å². The highest BCUT2D eigenvalue weighted by molar-refractivity contribution is 7.15. The zero-order valence-corrected chi connectivity index (χ0v) is 14.0. The maximum atomic E-state index is 6.20. The van der Waals surface area contributed by atoms with Crippen molar-refractivity contribution < 1.29 is 0 Å². The molecule has 20 heavy (non-hydrogen) atoms. The number of nitrogens with zero attached hydrogens (tertiary/aromatic N) is 3. The van der Waals surface area contributed by atoms with Crippen molar-refractivity contribution in [3.05, 3.63) is 10.6 Å². The van der Waals surface area contributed by atoms with E-state index in [4.69, 9.17) is 10.7 Å². The molecule has 1 unspecified atom stereocenters. The summed E-state index contributed by atoms with van der Waals surface area (Å²) in [7, 11) is 4.24. The summed E-state index contributed by atoms with van der Waals surface area (Å²) >= 11 is 1.86. The number of likely N-dealkylation sites (N-methyl/N-ethyl adjacent to an activating group) is 1. The molecule has 1 aliphatic carbocycles. The van der Waals surface area contributed by atoms with E-state index in [-0.39, 0.29) is 6.04 Å². The third-order valence-corrected chi connectivity index (χ3v) is 4.85. The average molecular weight is 296 g/mol. The van der Waals surface area contributed by atoms with E-state index in [1.807, 2.05) is 11.3 Å². The Morgan fingerprint density at radius 2 is 2.10 bits per heavy atom. The molecule has 2 rings (SSSR count). The molecule has 0 spiro atoms. The normalized spacial score (nSPS) is 18.6. The van der Waals surface area contributed by atoms with E-state index in [2.05, 4.69) is 37.7 Å². The Labute approximate surface area is 127 Å². The van der Waals surface area contributed by atoms with Crippen molar-refractivity contribution in [2.75, 3.05) is 38.6 Å². The molecule has 0 aromatic carbocycles. The second-order valence-corrected chi connectivity index (χ2v) is 7.51. The van der Waals surface area contributed by atoms with Gasteiger partial charge >= 0.3 is 0 Å². The van der Waals surface area contributed by atoms with Crippen LogP contribution in [0.1, 0.15) is 43.3 Å². The first-order chi connectivity index (χ1) is 9.47. The van der Waals surface area contributed by atoms with Crippen molar-refractivity contribution in [2.45, 2.75) is 39.2 Å². The summed E-state index contributed by atoms with van der Waals surface area (Å²) in [5, 5.41) is 1.17. The van der Waals surface area contributed by atoms with E-state index in [0.29, 0.717) is 5.92 Å². The molecule has 0 saturated carbocycles. The Hall–Kier alpha value is -0.650. The van der Waals surface area contributed by atoms with Gasteiger partial charge in [0, 0.05) is 30.6 Å². The highest BCUT2D eigenvalue weighted by atomic mass is 32.1. The molecule has 1 atom stereocenters. The lowest BCUT2D eigenvalue weighted by atomic mass is 9.99. The van der Waals surface area contributed by atoms with Gasteiger partial charge in [-0.15, -0.1) is 11.3 Å². The van der Waals surface area contributed by atoms with Crippen LogP contribution in [-0.4, -0.2) is 43.6 Å². The van der Waals surface area contributed by atoms with Crippen LogP contribution < -0.4 is 10.6 Å². The third-order valence-electron chi connectivity index (χ3n) is 3.66. The summed E-state index contributed by atoms with van der Waals surface area (Å²) in [6, 6.07) is 0.151. The van der Waals surface area contributed by atoms with Gasteiger partial charge in [0.15, 0.2) is 5.13 Å². The van der Waals surface area contributed by atoms with Gasteiger partial charge < -0.3 is 15.5 Å². The topological polar surface area (TPSA) is 45.4 Å². The molecular weight excluding hydrogens is 268 g/mol. The van der Waals surface area contributed by atoms with Crippen molar-refractivity contribution in [3.63, 3.8) is 0 Å². The van der Waals surface area contributed by atoms with Crippen LogP contribution in [0, 0.1) is 5.92 Å². The number of hydrogen-bond donors (Lipinski definition) is 1. The van der Waals surface area contributed by atoms with Crippen LogP contribution in [0.3, 0.4) is 0 Å². The monoisotopic (exact) mass is 296 g/mol. The number of thiazole rings is 1. The molecule has 0 saturated heterocycles. The highest BCUT2D eigenvalue weighted by Crippen LogP contribution is 2.35. The fourth-order valence-corrected chi connectivity index (χ4v) is 3.81. The fourth-order valence-electron chi connectivity index (χ4n) is 2.60. The first-order valence-electron chi connectivity index (χ1n) is 7.62. The molecule has 2 N–H and O–H groups in total. The molecular formula is C15H28N4S. The first kappa shape index (κ1) is 15.7. The minimum atomic E-state index is 0.151. The molecule has 1 aromatic rings. The van der Waals surface area contributed by atoms with Gasteiger partial charge in [-0.25, -0.2) is 4.98 Å². The molecule has 5 heteroatoms. The minimum Gasteiger partial charge on any atom is -0.347 e. The number of hydrogen-bond acceptors (Lipinski definition) is 5. The number of fused-ring (bicyclic) bond motifs is 1. The van der Waals surface area contributed by atoms with Crippen molar-refractivity contribution in [3.8, 4) is 0 Å². The minimum absolute atomic E-state index is 0.151. The molecule has 4 nitrogen and oxygen atoms in total. The van der Waals surface area contributed by atoms with Crippen molar-refractivity contribution in [1.82, 2.24) is 9.88 Å². The number of rotatable bonds is 6. The molecule has 0 amide bonds. The highest BCUT2D eigenvalue weighted by Gasteiger charge is 2.24. The summed E-state index contributed by atoms with van der Waals surface area (Å²) in [5.74, 6) is 0.645. The van der Waals surface area contributed by atoms with Crippen molar-refractivity contribution in [2.24, 2.45) is 11.7 Å². The van der Waals surface area contributed by atoms with Crippen molar-refractivity contribution in [1.29, 1.82) is 0 Å². The van der Waals surface area contributed by atoms with Crippen LogP contribution in [0.2, 0.25) is 0 Å². The molecule has 1 aromatic heterocycles. The van der Waals surface area contributed by atoms with E-state index in [1.54, 1.807) is 0 Å². The van der Waals surface area contributed by atoms with Crippen LogP contribution in [0.5, 0.6) is 0 Å². The van der Waals surface area contributed by atoms with Gasteiger partial charge in [0.2, 0.25) is 0 Å². The quantitative estimate of drug-likeness (QED) is 0.876. The van der Waals surface area contributed by atoms with Gasteiger partial charge in [-0.2, -0.15) is 0 Å². The zero-order chi connectivity index (χ0) is 14.7. The average Bonchev–Trinajstić information content (AvgIpc) is 2.79. The summed E-state index contributed by atoms with van der Waals surface area (Å²) in [4.78, 5) is 10.9. The lowest BCUT2D eigenvalue weighted by molar-refractivity contribution is 0.409. The van der Waals surface area contributed by atoms with E-state index in [0.717, 1.165) is 38.2 Å². The second kappa shape index (κ2) is 6.87. The fraction of sp³-hybridized carbons (Fsp3) is 0.800. The van der Waals surface area contributed by atoms with Gasteiger partial charge in [0.05, 0.1) is 5.69 Å². The maximum absolute atomic E-state index is 6.20. The van der Waals surface area contributed by atoms with E-state index in [1.165, 1.54) is 16.4 Å². The summed E-state index contributed by atoms with van der Waals surface area (Å²) < 4.78 is 0. The van der Waals surface area contributed by atoms with Crippen LogP contribution >= 0.6 is 11.3 Å². The second-order valence-electron chi connectivity index (χ2n) is 6.45. The number of aromatic nitrogens is 1. The first-order valence-corrected chi connectivity index (χ1v) is 8.44. The van der Waals surface area contributed by atoms with Crippen LogP contribution in [0.25, 0.3) is 0 Å². The molecule has 1 aliphatic rings. The predicted octanol–water partition coefficient (Wildman–Crippen LogP) is 2.50. The maximum Gasteiger partial charge on any atom is 0.185 e. The van der Waals surface area contributed by atoms with E-state index in [9.17, 15) is 0 Å². The molecule has 114 valence electrons. The molecule has 0 aliphatic heterocycles. The van der Waals surface area contributed by atoms with Gasteiger partial charge in [0.1, 0.15) is 0 Å². The Bertz CT molecular complexity index is 428. The standard InChI is InChI=1S/C15H28N4S/c1-11(2)10-19(9-8-18(3)4)15-17-14-12(16)6-5-7-13(14)20-15/h11-12H,5-10,16H2,1-4H3. The Morgan fingerprint density at radius 1 is 1.35 bits per heavy atom. The molecule has 0 fully saturated rings. The smallest absolute Gasteiger partial charge is 0.185 e. The zero-order valence-electron chi connectivity index (χ0n) is 13.2. The number of anilines is 1. The summed E-state index contributed by atoms with van der Waals surface area (Å²) in [5.41, 5.74) is 7.36. The molecule has 0 radical (unpaired) electrons. The molecule has 0 bridgehead atoms. The van der Waals surface area contributed by atoms with Gasteiger partial charge in [-0.05, 0) is 39.3 Å². The predicted molar refractivity (Wildman–Crippen MR) is 87.6 cm³/mol. The largest absolute Gasteiger partial charge is 0.347 e. The van der Waals surface area contributed by atoms with Gasteiger partial charge in [0.25, 0.3) is 0 Å². The van der Waals surface area contributed by atoms with Crippen LogP contribution in [0.4, 0.5) is 5.13 Å². The Kier molecular flexibility index (Phi) is 5.41. The third kappa shape index (κ3) is 3.93. The van der Waals surface area contributed by atoms with Gasteiger partial charge in [-0.1, -0.05) is 13.8 Å². The summed E-state index contributed by atoms with van der Waals surface area (Å²) in [6.07, 6.45) is 3.44.